The van der Waals surface area contributed by atoms with E-state index in [9.17, 15) is 0 Å². The molecule has 0 amide bonds. The van der Waals surface area contributed by atoms with Crippen LogP contribution in [-0.4, -0.2) is 31.7 Å². The Morgan fingerprint density at radius 1 is 1.07 bits per heavy atom. The van der Waals surface area contributed by atoms with E-state index in [0.29, 0.717) is 13.4 Å². The van der Waals surface area contributed by atoms with E-state index in [-0.39, 0.29) is 6.61 Å². The fourth-order valence-electron chi connectivity index (χ4n) is 1.01. The summed E-state index contributed by atoms with van der Waals surface area (Å²) >= 11 is 0. The normalized spacial score (nSPS) is 11.3. The maximum absolute atomic E-state index is 8.42. The fraction of sp³-hybridized carbons (Fsp3) is 0.818. The first kappa shape index (κ1) is 13.6. The summed E-state index contributed by atoms with van der Waals surface area (Å²) in [6.45, 7) is 3.90. The lowest BCUT2D eigenvalue weighted by Crippen LogP contribution is -2.01. The smallest absolute Gasteiger partial charge is 0.147 e. The SMILES string of the molecule is CCCCCCOCOC/C=C\CO. The molecule has 0 aliphatic heterocycles. The third-order valence-corrected chi connectivity index (χ3v) is 1.80. The lowest BCUT2D eigenvalue weighted by atomic mass is 10.2. The maximum Gasteiger partial charge on any atom is 0.147 e. The van der Waals surface area contributed by atoms with Crippen molar-refractivity contribution < 1.29 is 14.6 Å². The van der Waals surface area contributed by atoms with Gasteiger partial charge in [-0.05, 0) is 6.42 Å². The summed E-state index contributed by atoms with van der Waals surface area (Å²) in [4.78, 5) is 0. The first-order valence-electron chi connectivity index (χ1n) is 5.33. The quantitative estimate of drug-likeness (QED) is 0.335. The molecular formula is C11H22O3. The van der Waals surface area contributed by atoms with Gasteiger partial charge in [0.05, 0.1) is 13.2 Å². The van der Waals surface area contributed by atoms with E-state index < -0.39 is 0 Å². The zero-order chi connectivity index (χ0) is 10.5. The molecule has 1 N–H and O–H groups in total. The summed E-state index contributed by atoms with van der Waals surface area (Å²) in [5, 5.41) is 8.42. The van der Waals surface area contributed by atoms with Crippen molar-refractivity contribution in [1.82, 2.24) is 0 Å². The van der Waals surface area contributed by atoms with Crippen LogP contribution >= 0.6 is 0 Å². The summed E-state index contributed by atoms with van der Waals surface area (Å²) in [5.41, 5.74) is 0. The second-order valence-electron chi connectivity index (χ2n) is 3.11. The minimum atomic E-state index is 0.0707. The molecule has 0 aliphatic carbocycles. The van der Waals surface area contributed by atoms with Gasteiger partial charge in [-0.25, -0.2) is 0 Å². The minimum Gasteiger partial charge on any atom is -0.392 e. The zero-order valence-corrected chi connectivity index (χ0v) is 9.08. The molecule has 3 nitrogen and oxygen atoms in total. The monoisotopic (exact) mass is 202 g/mol. The van der Waals surface area contributed by atoms with E-state index in [1.807, 2.05) is 0 Å². The van der Waals surface area contributed by atoms with Crippen LogP contribution in [0.5, 0.6) is 0 Å². The number of rotatable bonds is 10. The van der Waals surface area contributed by atoms with Gasteiger partial charge in [0.1, 0.15) is 6.79 Å². The molecule has 0 heterocycles. The van der Waals surface area contributed by atoms with E-state index in [0.717, 1.165) is 13.0 Å². The number of aliphatic hydroxyl groups excluding tert-OH is 1. The van der Waals surface area contributed by atoms with Crippen molar-refractivity contribution in [2.75, 3.05) is 26.6 Å². The standard InChI is InChI=1S/C11H22O3/c1-2-3-4-6-9-13-11-14-10-7-5-8-12/h5,7,12H,2-4,6,8-11H2,1H3/b7-5-. The highest BCUT2D eigenvalue weighted by Gasteiger charge is 1.88. The molecular weight excluding hydrogens is 180 g/mol. The average molecular weight is 202 g/mol. The number of aliphatic hydroxyl groups is 1. The van der Waals surface area contributed by atoms with Crippen LogP contribution in [0.3, 0.4) is 0 Å². The van der Waals surface area contributed by atoms with Crippen molar-refractivity contribution >= 4 is 0 Å². The first-order valence-corrected chi connectivity index (χ1v) is 5.33. The van der Waals surface area contributed by atoms with Gasteiger partial charge in [0.25, 0.3) is 0 Å². The predicted molar refractivity (Wildman–Crippen MR) is 57.1 cm³/mol. The van der Waals surface area contributed by atoms with E-state index >= 15 is 0 Å². The molecule has 84 valence electrons. The van der Waals surface area contributed by atoms with Crippen molar-refractivity contribution in [3.8, 4) is 0 Å². The molecule has 0 radical (unpaired) electrons. The minimum absolute atomic E-state index is 0.0707. The van der Waals surface area contributed by atoms with Crippen molar-refractivity contribution in [3.05, 3.63) is 12.2 Å². The van der Waals surface area contributed by atoms with Crippen LogP contribution in [0.15, 0.2) is 12.2 Å². The second kappa shape index (κ2) is 12.6. The second-order valence-corrected chi connectivity index (χ2v) is 3.11. The van der Waals surface area contributed by atoms with Crippen LogP contribution in [0.25, 0.3) is 0 Å². The summed E-state index contributed by atoms with van der Waals surface area (Å²) < 4.78 is 10.4. The summed E-state index contributed by atoms with van der Waals surface area (Å²) in [7, 11) is 0. The molecule has 0 saturated carbocycles. The Morgan fingerprint density at radius 3 is 2.64 bits per heavy atom. The van der Waals surface area contributed by atoms with Gasteiger partial charge in [0, 0.05) is 6.61 Å². The molecule has 0 fully saturated rings. The Kier molecular flexibility index (Phi) is 12.3. The summed E-state index contributed by atoms with van der Waals surface area (Å²) in [6.07, 6.45) is 8.32. The van der Waals surface area contributed by atoms with Gasteiger partial charge >= 0.3 is 0 Å². The van der Waals surface area contributed by atoms with Gasteiger partial charge in [-0.3, -0.25) is 0 Å². The third-order valence-electron chi connectivity index (χ3n) is 1.80. The van der Waals surface area contributed by atoms with E-state index in [1.165, 1.54) is 19.3 Å². The zero-order valence-electron chi connectivity index (χ0n) is 9.08. The van der Waals surface area contributed by atoms with Gasteiger partial charge in [0.15, 0.2) is 0 Å². The number of ether oxygens (including phenoxy) is 2. The highest BCUT2D eigenvalue weighted by Crippen LogP contribution is 1.98. The lowest BCUT2D eigenvalue weighted by molar-refractivity contribution is -0.0449. The summed E-state index contributed by atoms with van der Waals surface area (Å²) in [6, 6.07) is 0. The van der Waals surface area contributed by atoms with Crippen molar-refractivity contribution in [1.29, 1.82) is 0 Å². The van der Waals surface area contributed by atoms with Crippen LogP contribution in [0.1, 0.15) is 32.6 Å². The molecule has 0 atom stereocenters. The van der Waals surface area contributed by atoms with Crippen LogP contribution < -0.4 is 0 Å². The van der Waals surface area contributed by atoms with Crippen LogP contribution in [0, 0.1) is 0 Å². The topological polar surface area (TPSA) is 38.7 Å². The molecule has 0 bridgehead atoms. The Balaban J connectivity index is 2.88. The average Bonchev–Trinajstić information content (AvgIpc) is 2.21. The van der Waals surface area contributed by atoms with Gasteiger partial charge in [-0.15, -0.1) is 0 Å². The van der Waals surface area contributed by atoms with E-state index in [1.54, 1.807) is 12.2 Å². The van der Waals surface area contributed by atoms with Crippen molar-refractivity contribution in [2.24, 2.45) is 0 Å². The Hall–Kier alpha value is -0.380. The van der Waals surface area contributed by atoms with Crippen LogP contribution in [-0.2, 0) is 9.47 Å². The third kappa shape index (κ3) is 11.6. The van der Waals surface area contributed by atoms with Gasteiger partial charge in [0.2, 0.25) is 0 Å². The van der Waals surface area contributed by atoms with Crippen molar-refractivity contribution in [2.45, 2.75) is 32.6 Å². The highest BCUT2D eigenvalue weighted by molar-refractivity contribution is 4.79. The Morgan fingerprint density at radius 2 is 1.93 bits per heavy atom. The highest BCUT2D eigenvalue weighted by atomic mass is 16.7. The number of unbranched alkanes of at least 4 members (excludes halogenated alkanes) is 3. The molecule has 14 heavy (non-hydrogen) atoms. The molecule has 0 aromatic rings. The molecule has 0 rings (SSSR count). The Bertz CT molecular complexity index is 124. The summed E-state index contributed by atoms with van der Waals surface area (Å²) in [5.74, 6) is 0. The fourth-order valence-corrected chi connectivity index (χ4v) is 1.01. The molecule has 0 spiro atoms. The molecule has 0 unspecified atom stereocenters. The van der Waals surface area contributed by atoms with Crippen LogP contribution in [0.4, 0.5) is 0 Å². The van der Waals surface area contributed by atoms with E-state index in [2.05, 4.69) is 6.92 Å². The van der Waals surface area contributed by atoms with Gasteiger partial charge < -0.3 is 14.6 Å². The number of hydrogen-bond donors (Lipinski definition) is 1. The lowest BCUT2D eigenvalue weighted by Gasteiger charge is -2.03. The molecule has 0 aromatic heterocycles. The molecule has 3 heteroatoms. The van der Waals surface area contributed by atoms with Crippen LogP contribution in [0.2, 0.25) is 0 Å². The molecule has 0 saturated heterocycles. The largest absolute Gasteiger partial charge is 0.392 e. The van der Waals surface area contributed by atoms with Gasteiger partial charge in [-0.2, -0.15) is 0 Å². The van der Waals surface area contributed by atoms with Gasteiger partial charge in [-0.1, -0.05) is 38.3 Å². The van der Waals surface area contributed by atoms with E-state index in [4.69, 9.17) is 14.6 Å². The number of hydrogen-bond acceptors (Lipinski definition) is 3. The predicted octanol–water partition coefficient (Wildman–Crippen LogP) is 2.11. The molecule has 0 aromatic carbocycles. The maximum atomic E-state index is 8.42. The Labute approximate surface area is 86.7 Å². The molecule has 0 aliphatic rings. The first-order chi connectivity index (χ1) is 6.91. The van der Waals surface area contributed by atoms with Crippen molar-refractivity contribution in [3.63, 3.8) is 0 Å².